The fourth-order valence-corrected chi connectivity index (χ4v) is 5.19. The van der Waals surface area contributed by atoms with Crippen LogP contribution in [0.5, 0.6) is 0 Å². The molecular formula is C26H32ClN3O3. The average Bonchev–Trinajstić information content (AvgIpc) is 3.38. The van der Waals surface area contributed by atoms with E-state index in [9.17, 15) is 9.59 Å². The van der Waals surface area contributed by atoms with Gasteiger partial charge < -0.3 is 15.4 Å². The number of rotatable bonds is 7. The lowest BCUT2D eigenvalue weighted by Gasteiger charge is -2.36. The Hall–Kier alpha value is -2.57. The average molecular weight is 470 g/mol. The van der Waals surface area contributed by atoms with E-state index in [2.05, 4.69) is 16.0 Å². The third-order valence-electron chi connectivity index (χ3n) is 6.76. The SMILES string of the molecule is O=C(Nc1ccc(Cl)cc1)O[C@@H](C(=O)NC(C1CCCC1)C1CCNCC1)c1ccccc1. The van der Waals surface area contributed by atoms with E-state index >= 15 is 0 Å². The quantitative estimate of drug-likeness (QED) is 0.513. The Labute approximate surface area is 200 Å². The fourth-order valence-electron chi connectivity index (χ4n) is 5.07. The summed E-state index contributed by atoms with van der Waals surface area (Å²) in [5, 5.41) is 9.99. The fraction of sp³-hybridized carbons (Fsp3) is 0.462. The number of ether oxygens (including phenoxy) is 1. The zero-order valence-corrected chi connectivity index (χ0v) is 19.5. The van der Waals surface area contributed by atoms with Gasteiger partial charge in [0.25, 0.3) is 5.91 Å². The highest BCUT2D eigenvalue weighted by atomic mass is 35.5. The molecule has 2 atom stereocenters. The molecule has 33 heavy (non-hydrogen) atoms. The van der Waals surface area contributed by atoms with Crippen molar-refractivity contribution >= 4 is 29.3 Å². The van der Waals surface area contributed by atoms with Gasteiger partial charge in [0.05, 0.1) is 0 Å². The van der Waals surface area contributed by atoms with Gasteiger partial charge in [-0.3, -0.25) is 10.1 Å². The first-order valence-corrected chi connectivity index (χ1v) is 12.3. The Morgan fingerprint density at radius 1 is 0.909 bits per heavy atom. The topological polar surface area (TPSA) is 79.5 Å². The predicted molar refractivity (Wildman–Crippen MR) is 130 cm³/mol. The lowest BCUT2D eigenvalue weighted by Crippen LogP contribution is -2.49. The second-order valence-corrected chi connectivity index (χ2v) is 9.43. The number of carbonyl (C=O) groups excluding carboxylic acids is 2. The maximum absolute atomic E-state index is 13.5. The van der Waals surface area contributed by atoms with Gasteiger partial charge in [0.15, 0.2) is 0 Å². The van der Waals surface area contributed by atoms with Gasteiger partial charge in [-0.25, -0.2) is 4.79 Å². The Morgan fingerprint density at radius 2 is 1.55 bits per heavy atom. The van der Waals surface area contributed by atoms with E-state index in [1.54, 1.807) is 24.3 Å². The van der Waals surface area contributed by atoms with Crippen LogP contribution >= 0.6 is 11.6 Å². The number of nitrogens with one attached hydrogen (secondary N) is 3. The molecule has 2 aromatic carbocycles. The molecule has 0 bridgehead atoms. The van der Waals surface area contributed by atoms with Crippen molar-refractivity contribution in [2.45, 2.75) is 50.7 Å². The molecule has 6 nitrogen and oxygen atoms in total. The maximum atomic E-state index is 13.5. The van der Waals surface area contributed by atoms with Crippen LogP contribution in [0.2, 0.25) is 5.02 Å². The summed E-state index contributed by atoms with van der Waals surface area (Å²) in [5.41, 5.74) is 1.20. The molecule has 1 unspecified atom stereocenters. The van der Waals surface area contributed by atoms with Crippen molar-refractivity contribution in [2.24, 2.45) is 11.8 Å². The Morgan fingerprint density at radius 3 is 2.21 bits per heavy atom. The van der Waals surface area contributed by atoms with Gasteiger partial charge in [-0.15, -0.1) is 0 Å². The Bertz CT molecular complexity index is 910. The van der Waals surface area contributed by atoms with Crippen molar-refractivity contribution in [3.05, 3.63) is 65.2 Å². The molecule has 0 radical (unpaired) electrons. The molecule has 1 saturated heterocycles. The van der Waals surface area contributed by atoms with Gasteiger partial charge in [-0.2, -0.15) is 0 Å². The summed E-state index contributed by atoms with van der Waals surface area (Å²) in [6.45, 7) is 1.96. The highest BCUT2D eigenvalue weighted by molar-refractivity contribution is 6.30. The highest BCUT2D eigenvalue weighted by Gasteiger charge is 2.36. The van der Waals surface area contributed by atoms with Crippen molar-refractivity contribution in [1.82, 2.24) is 10.6 Å². The van der Waals surface area contributed by atoms with Gasteiger partial charge in [-0.1, -0.05) is 54.8 Å². The second kappa shape index (κ2) is 11.5. The van der Waals surface area contributed by atoms with Crippen LogP contribution in [0.15, 0.2) is 54.6 Å². The van der Waals surface area contributed by atoms with Crippen molar-refractivity contribution in [2.75, 3.05) is 18.4 Å². The molecule has 1 aliphatic heterocycles. The maximum Gasteiger partial charge on any atom is 0.412 e. The van der Waals surface area contributed by atoms with Crippen LogP contribution in [0.25, 0.3) is 0 Å². The zero-order chi connectivity index (χ0) is 23.0. The molecule has 1 heterocycles. The molecule has 7 heteroatoms. The van der Waals surface area contributed by atoms with E-state index in [1.165, 1.54) is 12.8 Å². The molecule has 176 valence electrons. The molecule has 2 aromatic rings. The van der Waals surface area contributed by atoms with Crippen LogP contribution in [0.3, 0.4) is 0 Å². The number of anilines is 1. The Balaban J connectivity index is 1.49. The molecule has 1 aliphatic carbocycles. The summed E-state index contributed by atoms with van der Waals surface area (Å²) in [5.74, 6) is 0.664. The van der Waals surface area contributed by atoms with E-state index in [0.29, 0.717) is 28.1 Å². The normalized spacial score (nSPS) is 18.9. The predicted octanol–water partition coefficient (Wildman–Crippen LogP) is 5.30. The summed E-state index contributed by atoms with van der Waals surface area (Å²) in [6, 6.07) is 16.0. The lowest BCUT2D eigenvalue weighted by molar-refractivity contribution is -0.131. The molecule has 1 saturated carbocycles. The lowest BCUT2D eigenvalue weighted by atomic mass is 9.81. The monoisotopic (exact) mass is 469 g/mol. The van der Waals surface area contributed by atoms with Crippen LogP contribution in [0.4, 0.5) is 10.5 Å². The van der Waals surface area contributed by atoms with Gasteiger partial charge in [0.1, 0.15) is 0 Å². The third-order valence-corrected chi connectivity index (χ3v) is 7.02. The van der Waals surface area contributed by atoms with Crippen molar-refractivity contribution < 1.29 is 14.3 Å². The van der Waals surface area contributed by atoms with E-state index in [1.807, 2.05) is 30.3 Å². The third kappa shape index (κ3) is 6.49. The summed E-state index contributed by atoms with van der Waals surface area (Å²) in [7, 11) is 0. The first-order valence-electron chi connectivity index (χ1n) is 11.9. The number of carbonyl (C=O) groups is 2. The van der Waals surface area contributed by atoms with E-state index in [0.717, 1.165) is 38.8 Å². The molecule has 2 amide bonds. The second-order valence-electron chi connectivity index (χ2n) is 8.99. The number of amides is 2. The highest BCUT2D eigenvalue weighted by Crippen LogP contribution is 2.34. The zero-order valence-electron chi connectivity index (χ0n) is 18.8. The number of piperidine rings is 1. The van der Waals surface area contributed by atoms with Crippen molar-refractivity contribution in [3.63, 3.8) is 0 Å². The summed E-state index contributed by atoms with van der Waals surface area (Å²) < 4.78 is 5.68. The molecule has 0 aromatic heterocycles. The minimum atomic E-state index is -1.02. The minimum absolute atomic E-state index is 0.108. The minimum Gasteiger partial charge on any atom is -0.431 e. The number of halogens is 1. The van der Waals surface area contributed by atoms with Crippen molar-refractivity contribution in [1.29, 1.82) is 0 Å². The van der Waals surface area contributed by atoms with Gasteiger partial charge in [0.2, 0.25) is 6.10 Å². The van der Waals surface area contributed by atoms with E-state index < -0.39 is 12.2 Å². The molecule has 0 spiro atoms. The van der Waals surface area contributed by atoms with Gasteiger partial charge >= 0.3 is 6.09 Å². The largest absolute Gasteiger partial charge is 0.431 e. The van der Waals surface area contributed by atoms with Gasteiger partial charge in [0, 0.05) is 22.3 Å². The summed E-state index contributed by atoms with van der Waals surface area (Å²) in [6.07, 6.45) is 5.11. The molecule has 2 fully saturated rings. The number of hydrogen-bond acceptors (Lipinski definition) is 4. The first kappa shape index (κ1) is 23.6. The van der Waals surface area contributed by atoms with Gasteiger partial charge in [-0.05, 0) is 74.9 Å². The van der Waals surface area contributed by atoms with Crippen molar-refractivity contribution in [3.8, 4) is 0 Å². The first-order chi connectivity index (χ1) is 16.1. The van der Waals surface area contributed by atoms with Crippen LogP contribution in [0.1, 0.15) is 50.2 Å². The number of benzene rings is 2. The summed E-state index contributed by atoms with van der Waals surface area (Å²) in [4.78, 5) is 26.2. The van der Waals surface area contributed by atoms with Crippen LogP contribution in [0, 0.1) is 11.8 Å². The van der Waals surface area contributed by atoms with Crippen LogP contribution < -0.4 is 16.0 Å². The van der Waals surface area contributed by atoms with E-state index in [4.69, 9.17) is 16.3 Å². The van der Waals surface area contributed by atoms with E-state index in [-0.39, 0.29) is 11.9 Å². The molecule has 3 N–H and O–H groups in total. The van der Waals surface area contributed by atoms with Crippen LogP contribution in [-0.2, 0) is 9.53 Å². The smallest absolute Gasteiger partial charge is 0.412 e. The summed E-state index contributed by atoms with van der Waals surface area (Å²) >= 11 is 5.92. The molecular weight excluding hydrogens is 438 g/mol. The number of hydrogen-bond donors (Lipinski definition) is 3. The standard InChI is InChI=1S/C26H32ClN3O3/c27-21-10-12-22(13-11-21)29-26(32)33-24(20-8-2-1-3-9-20)25(31)30-23(18-6-4-5-7-18)19-14-16-28-17-15-19/h1-3,8-13,18-19,23-24,28H,4-7,14-17H2,(H,29,32)(H,30,31)/t23?,24-/m1/s1. The van der Waals surface area contributed by atoms with Crippen LogP contribution in [-0.4, -0.2) is 31.1 Å². The molecule has 2 aliphatic rings. The Kier molecular flexibility index (Phi) is 8.24. The molecule has 4 rings (SSSR count).